The number of carbonyl (C=O) groups excluding carboxylic acids is 2. The molecule has 0 saturated carbocycles. The molecular weight excluding hydrogens is 410 g/mol. The number of ether oxygens (including phenoxy) is 1. The van der Waals surface area contributed by atoms with Crippen LogP contribution in [0.15, 0.2) is 71.7 Å². The average Bonchev–Trinajstić information content (AvgIpc) is 3.36. The second-order valence-corrected chi connectivity index (χ2v) is 8.12. The minimum atomic E-state index is -0.382. The van der Waals surface area contributed by atoms with E-state index < -0.39 is 0 Å². The molecule has 1 aliphatic rings. The highest BCUT2D eigenvalue weighted by Gasteiger charge is 2.40. The predicted molar refractivity (Wildman–Crippen MR) is 126 cm³/mol. The quantitative estimate of drug-likeness (QED) is 0.552. The van der Waals surface area contributed by atoms with Crippen molar-refractivity contribution in [2.45, 2.75) is 6.92 Å². The van der Waals surface area contributed by atoms with Crippen molar-refractivity contribution in [2.75, 3.05) is 35.8 Å². The summed E-state index contributed by atoms with van der Waals surface area (Å²) in [6, 6.07) is 18.4. The second kappa shape index (κ2) is 8.65. The Bertz CT molecular complexity index is 1140. The number of hydrogen-bond acceptors (Lipinski definition) is 6. The van der Waals surface area contributed by atoms with E-state index in [1.807, 2.05) is 79.8 Å². The molecule has 31 heavy (non-hydrogen) atoms. The zero-order valence-electron chi connectivity index (χ0n) is 17.6. The minimum absolute atomic E-state index is 0.262. The van der Waals surface area contributed by atoms with Crippen molar-refractivity contribution in [1.82, 2.24) is 0 Å². The highest BCUT2D eigenvalue weighted by atomic mass is 32.1. The predicted octanol–water partition coefficient (Wildman–Crippen LogP) is 4.61. The number of carbonyl (C=O) groups is 2. The first-order valence-corrected chi connectivity index (χ1v) is 10.8. The van der Waals surface area contributed by atoms with Crippen LogP contribution in [0, 0.1) is 0 Å². The van der Waals surface area contributed by atoms with E-state index in [0.717, 1.165) is 10.6 Å². The van der Waals surface area contributed by atoms with Gasteiger partial charge in [-0.15, -0.1) is 11.3 Å². The molecule has 2 heterocycles. The van der Waals surface area contributed by atoms with Gasteiger partial charge in [0.1, 0.15) is 11.4 Å². The van der Waals surface area contributed by atoms with Crippen molar-refractivity contribution in [1.29, 1.82) is 0 Å². The van der Waals surface area contributed by atoms with Crippen LogP contribution in [0.1, 0.15) is 11.8 Å². The van der Waals surface area contributed by atoms with Crippen molar-refractivity contribution >= 4 is 45.8 Å². The maximum atomic E-state index is 13.4. The van der Waals surface area contributed by atoms with E-state index in [9.17, 15) is 9.59 Å². The van der Waals surface area contributed by atoms with E-state index in [1.165, 1.54) is 16.2 Å². The summed E-state index contributed by atoms with van der Waals surface area (Å²) < 4.78 is 5.56. The molecule has 1 N–H and O–H groups in total. The number of amides is 2. The van der Waals surface area contributed by atoms with Gasteiger partial charge in [-0.1, -0.05) is 12.1 Å². The Kier molecular flexibility index (Phi) is 5.77. The van der Waals surface area contributed by atoms with Gasteiger partial charge < -0.3 is 15.0 Å². The molecule has 1 aliphatic heterocycles. The molecule has 0 unspecified atom stereocenters. The molecule has 158 valence electrons. The number of benzene rings is 2. The number of rotatable bonds is 7. The largest absolute Gasteiger partial charge is 0.494 e. The molecule has 2 amide bonds. The van der Waals surface area contributed by atoms with Gasteiger partial charge in [-0.05, 0) is 54.8 Å². The summed E-state index contributed by atoms with van der Waals surface area (Å²) in [5, 5.41) is 5.06. The molecular formula is C24H23N3O3S. The van der Waals surface area contributed by atoms with Crippen LogP contribution < -0.4 is 19.9 Å². The first-order chi connectivity index (χ1) is 15.0. The number of nitrogens with one attached hydrogen (secondary N) is 1. The first kappa shape index (κ1) is 20.7. The molecule has 3 aromatic rings. The van der Waals surface area contributed by atoms with Gasteiger partial charge in [0, 0.05) is 36.4 Å². The Labute approximate surface area is 185 Å². The number of hydrogen-bond donors (Lipinski definition) is 1. The van der Waals surface area contributed by atoms with E-state index in [0.29, 0.717) is 29.3 Å². The summed E-state index contributed by atoms with van der Waals surface area (Å²) in [5.74, 6) is -0.0278. The number of nitrogens with zero attached hydrogens (tertiary/aromatic N) is 2. The number of thiophene rings is 1. The lowest BCUT2D eigenvalue weighted by Gasteiger charge is -2.18. The van der Waals surface area contributed by atoms with Crippen LogP contribution in [-0.4, -0.2) is 32.5 Å². The van der Waals surface area contributed by atoms with Gasteiger partial charge >= 0.3 is 0 Å². The minimum Gasteiger partial charge on any atom is -0.494 e. The van der Waals surface area contributed by atoms with Crippen LogP contribution in [0.4, 0.5) is 17.1 Å². The molecule has 0 spiro atoms. The summed E-state index contributed by atoms with van der Waals surface area (Å²) in [7, 11) is 3.88. The molecule has 0 radical (unpaired) electrons. The van der Waals surface area contributed by atoms with Crippen LogP contribution in [0.3, 0.4) is 0 Å². The Morgan fingerprint density at radius 2 is 1.77 bits per heavy atom. The summed E-state index contributed by atoms with van der Waals surface area (Å²) in [5.41, 5.74) is 2.84. The fraction of sp³-hybridized carbons (Fsp3) is 0.167. The molecule has 2 aromatic carbocycles. The third-order valence-electron chi connectivity index (χ3n) is 4.89. The van der Waals surface area contributed by atoms with Crippen LogP contribution in [-0.2, 0) is 9.59 Å². The third kappa shape index (κ3) is 4.04. The van der Waals surface area contributed by atoms with E-state index in [1.54, 1.807) is 12.1 Å². The van der Waals surface area contributed by atoms with Gasteiger partial charge in [0.2, 0.25) is 0 Å². The van der Waals surface area contributed by atoms with Crippen molar-refractivity contribution in [3.63, 3.8) is 0 Å². The molecule has 0 fully saturated rings. The maximum absolute atomic E-state index is 13.4. The lowest BCUT2D eigenvalue weighted by atomic mass is 10.2. The van der Waals surface area contributed by atoms with Crippen LogP contribution in [0.5, 0.6) is 5.75 Å². The van der Waals surface area contributed by atoms with Crippen molar-refractivity contribution in [3.05, 3.63) is 76.6 Å². The van der Waals surface area contributed by atoms with Gasteiger partial charge in [0.15, 0.2) is 0 Å². The number of anilines is 3. The molecule has 0 aliphatic carbocycles. The average molecular weight is 434 g/mol. The summed E-state index contributed by atoms with van der Waals surface area (Å²) in [4.78, 5) is 30.7. The summed E-state index contributed by atoms with van der Waals surface area (Å²) in [6.45, 7) is 2.46. The highest BCUT2D eigenvalue weighted by molar-refractivity contribution is 7.11. The second-order valence-electron chi connectivity index (χ2n) is 7.17. The molecule has 1 aromatic heterocycles. The number of imide groups is 1. The highest BCUT2D eigenvalue weighted by Crippen LogP contribution is 2.36. The monoisotopic (exact) mass is 433 g/mol. The lowest BCUT2D eigenvalue weighted by molar-refractivity contribution is -0.120. The Morgan fingerprint density at radius 1 is 1.00 bits per heavy atom. The van der Waals surface area contributed by atoms with Gasteiger partial charge in [0.05, 0.1) is 17.9 Å². The Morgan fingerprint density at radius 3 is 2.42 bits per heavy atom. The third-order valence-corrected chi connectivity index (χ3v) is 5.78. The van der Waals surface area contributed by atoms with Gasteiger partial charge in [-0.3, -0.25) is 9.59 Å². The fourth-order valence-corrected chi connectivity index (χ4v) is 4.17. The smallest absolute Gasteiger partial charge is 0.282 e. The van der Waals surface area contributed by atoms with Crippen molar-refractivity contribution in [3.8, 4) is 5.75 Å². The lowest BCUT2D eigenvalue weighted by Crippen LogP contribution is -2.32. The van der Waals surface area contributed by atoms with E-state index in [4.69, 9.17) is 4.74 Å². The molecule has 4 rings (SSSR count). The Balaban J connectivity index is 1.72. The normalized spacial score (nSPS) is 13.7. The van der Waals surface area contributed by atoms with E-state index in [2.05, 4.69) is 5.32 Å². The first-order valence-electron chi connectivity index (χ1n) is 9.93. The fourth-order valence-electron chi connectivity index (χ4n) is 3.40. The van der Waals surface area contributed by atoms with Crippen molar-refractivity contribution in [2.24, 2.45) is 0 Å². The van der Waals surface area contributed by atoms with Crippen molar-refractivity contribution < 1.29 is 14.3 Å². The maximum Gasteiger partial charge on any atom is 0.282 e. The SMILES string of the molecule is CCOc1cccc(NC2=C(c3cccs3)C(=O)N(c3ccc(N(C)C)cc3)C2=O)c1. The Hall–Kier alpha value is -3.58. The topological polar surface area (TPSA) is 61.9 Å². The van der Waals surface area contributed by atoms with Gasteiger partial charge in [-0.2, -0.15) is 0 Å². The van der Waals surface area contributed by atoms with Crippen LogP contribution in [0.25, 0.3) is 5.57 Å². The van der Waals surface area contributed by atoms with E-state index >= 15 is 0 Å². The standard InChI is InChI=1S/C24H23N3O3S/c1-4-30-19-8-5-7-16(15-19)25-22-21(20-9-6-14-31-20)23(28)27(24(22)29)18-12-10-17(11-13-18)26(2)3/h5-15,25H,4H2,1-3H3. The molecule has 6 nitrogen and oxygen atoms in total. The van der Waals surface area contributed by atoms with Crippen LogP contribution in [0.2, 0.25) is 0 Å². The molecule has 0 atom stereocenters. The zero-order chi connectivity index (χ0) is 22.0. The molecule has 7 heteroatoms. The van der Waals surface area contributed by atoms with Gasteiger partial charge in [0.25, 0.3) is 11.8 Å². The van der Waals surface area contributed by atoms with Gasteiger partial charge in [-0.25, -0.2) is 4.90 Å². The van der Waals surface area contributed by atoms with Crippen LogP contribution >= 0.6 is 11.3 Å². The van der Waals surface area contributed by atoms with E-state index in [-0.39, 0.29) is 17.5 Å². The zero-order valence-corrected chi connectivity index (χ0v) is 18.4. The molecule has 0 bridgehead atoms. The summed E-state index contributed by atoms with van der Waals surface area (Å²) >= 11 is 1.43. The molecule has 0 saturated heterocycles. The summed E-state index contributed by atoms with van der Waals surface area (Å²) in [6.07, 6.45) is 0.